The number of nitrogen functional groups attached to an aromatic ring is 1. The van der Waals surface area contributed by atoms with Crippen LogP contribution in [-0.4, -0.2) is 18.3 Å². The van der Waals surface area contributed by atoms with Gasteiger partial charge < -0.3 is 10.7 Å². The summed E-state index contributed by atoms with van der Waals surface area (Å²) in [6.07, 6.45) is 4.32. The first-order valence-electron chi connectivity index (χ1n) is 5.36. The molecule has 0 spiro atoms. The lowest BCUT2D eigenvalue weighted by atomic mass is 10.0. The molecule has 0 amide bonds. The van der Waals surface area contributed by atoms with Crippen molar-refractivity contribution < 1.29 is 0 Å². The van der Waals surface area contributed by atoms with Gasteiger partial charge in [0, 0.05) is 30.9 Å². The second-order valence-corrected chi connectivity index (χ2v) is 4.29. The number of fused-ring (bicyclic) bond motifs is 2. The highest BCUT2D eigenvalue weighted by Crippen LogP contribution is 2.30. The molecule has 0 fully saturated rings. The zero-order valence-corrected chi connectivity index (χ0v) is 8.90. The van der Waals surface area contributed by atoms with Gasteiger partial charge in [0.05, 0.1) is 5.52 Å². The van der Waals surface area contributed by atoms with Crippen molar-refractivity contribution in [1.82, 2.24) is 4.68 Å². The molecule has 0 unspecified atom stereocenters. The number of aromatic nitrogens is 1. The van der Waals surface area contributed by atoms with Crippen LogP contribution in [-0.2, 0) is 6.42 Å². The SMILES string of the molecule is CN1CCCc2cc3c(ccn3N)cc21. The minimum absolute atomic E-state index is 1.13. The molecule has 78 valence electrons. The molecule has 2 heterocycles. The Morgan fingerprint density at radius 2 is 2.20 bits per heavy atom. The smallest absolute Gasteiger partial charge is 0.0694 e. The molecule has 3 heteroatoms. The molecule has 2 aromatic rings. The Labute approximate surface area is 89.1 Å². The standard InChI is InChI=1S/C12H15N3/c1-14-5-2-3-9-8-12-10(7-11(9)14)4-6-15(12)13/h4,6-8H,2-3,5,13H2,1H3. The first-order chi connectivity index (χ1) is 7.25. The highest BCUT2D eigenvalue weighted by molar-refractivity contribution is 5.86. The van der Waals surface area contributed by atoms with E-state index in [-0.39, 0.29) is 0 Å². The maximum Gasteiger partial charge on any atom is 0.0694 e. The number of nitrogens with two attached hydrogens (primary N) is 1. The molecule has 0 saturated carbocycles. The van der Waals surface area contributed by atoms with Gasteiger partial charge in [0.1, 0.15) is 0 Å². The minimum atomic E-state index is 1.13. The molecule has 1 aromatic heterocycles. The molecule has 0 atom stereocenters. The van der Waals surface area contributed by atoms with Gasteiger partial charge in [-0.25, -0.2) is 0 Å². The van der Waals surface area contributed by atoms with Gasteiger partial charge in [-0.15, -0.1) is 0 Å². The van der Waals surface area contributed by atoms with Crippen LogP contribution >= 0.6 is 0 Å². The van der Waals surface area contributed by atoms with Gasteiger partial charge in [-0.1, -0.05) is 0 Å². The summed E-state index contributed by atoms with van der Waals surface area (Å²) in [5.41, 5.74) is 3.91. The van der Waals surface area contributed by atoms with Crippen LogP contribution in [0.2, 0.25) is 0 Å². The number of anilines is 1. The van der Waals surface area contributed by atoms with Crippen molar-refractivity contribution in [1.29, 1.82) is 0 Å². The molecular weight excluding hydrogens is 186 g/mol. The fraction of sp³-hybridized carbons (Fsp3) is 0.333. The highest BCUT2D eigenvalue weighted by Gasteiger charge is 2.15. The molecule has 15 heavy (non-hydrogen) atoms. The molecule has 0 aliphatic carbocycles. The van der Waals surface area contributed by atoms with Gasteiger partial charge in [-0.2, -0.15) is 0 Å². The van der Waals surface area contributed by atoms with Gasteiger partial charge in [-0.3, -0.25) is 4.68 Å². The molecule has 2 N–H and O–H groups in total. The summed E-state index contributed by atoms with van der Waals surface area (Å²) in [5.74, 6) is 5.85. The van der Waals surface area contributed by atoms with Crippen molar-refractivity contribution in [3.63, 3.8) is 0 Å². The van der Waals surface area contributed by atoms with Crippen LogP contribution in [0.1, 0.15) is 12.0 Å². The van der Waals surface area contributed by atoms with Crippen molar-refractivity contribution in [2.75, 3.05) is 24.3 Å². The van der Waals surface area contributed by atoms with Gasteiger partial charge in [0.2, 0.25) is 0 Å². The molecule has 1 aromatic carbocycles. The van der Waals surface area contributed by atoms with Crippen molar-refractivity contribution >= 4 is 16.6 Å². The van der Waals surface area contributed by atoms with Gasteiger partial charge >= 0.3 is 0 Å². The van der Waals surface area contributed by atoms with Crippen molar-refractivity contribution in [2.24, 2.45) is 0 Å². The van der Waals surface area contributed by atoms with Crippen LogP contribution in [0, 0.1) is 0 Å². The zero-order chi connectivity index (χ0) is 10.4. The van der Waals surface area contributed by atoms with E-state index in [0.717, 1.165) is 12.1 Å². The Bertz CT molecular complexity index is 513. The summed E-state index contributed by atoms with van der Waals surface area (Å²) in [5, 5.41) is 1.23. The second-order valence-electron chi connectivity index (χ2n) is 4.29. The largest absolute Gasteiger partial charge is 0.374 e. The summed E-state index contributed by atoms with van der Waals surface area (Å²) in [6, 6.07) is 6.53. The Morgan fingerprint density at radius 3 is 3.07 bits per heavy atom. The topological polar surface area (TPSA) is 34.2 Å². The number of benzene rings is 1. The molecule has 0 bridgehead atoms. The van der Waals surface area contributed by atoms with E-state index in [1.165, 1.54) is 29.5 Å². The second kappa shape index (κ2) is 2.92. The molecule has 0 saturated heterocycles. The number of nitrogens with zero attached hydrogens (tertiary/aromatic N) is 2. The average Bonchev–Trinajstić information content (AvgIpc) is 2.59. The lowest BCUT2D eigenvalue weighted by Gasteiger charge is -2.27. The van der Waals surface area contributed by atoms with Crippen molar-refractivity contribution in [2.45, 2.75) is 12.8 Å². The molecule has 1 aliphatic heterocycles. The Morgan fingerprint density at radius 1 is 1.33 bits per heavy atom. The third kappa shape index (κ3) is 1.19. The molecule has 0 radical (unpaired) electrons. The lowest BCUT2D eigenvalue weighted by Crippen LogP contribution is -2.24. The molecule has 3 rings (SSSR count). The predicted molar refractivity (Wildman–Crippen MR) is 63.7 cm³/mol. The van der Waals surface area contributed by atoms with Crippen LogP contribution in [0.15, 0.2) is 24.4 Å². The van der Waals surface area contributed by atoms with E-state index in [0.29, 0.717) is 0 Å². The third-order valence-corrected chi connectivity index (χ3v) is 3.27. The van der Waals surface area contributed by atoms with Gasteiger partial charge in [0.25, 0.3) is 0 Å². The van der Waals surface area contributed by atoms with Crippen LogP contribution in [0.4, 0.5) is 5.69 Å². The van der Waals surface area contributed by atoms with E-state index in [9.17, 15) is 0 Å². The van der Waals surface area contributed by atoms with Gasteiger partial charge in [0.15, 0.2) is 0 Å². The summed E-state index contributed by atoms with van der Waals surface area (Å²) >= 11 is 0. The minimum Gasteiger partial charge on any atom is -0.374 e. The van der Waals surface area contributed by atoms with Crippen LogP contribution < -0.4 is 10.7 Å². The first kappa shape index (κ1) is 8.65. The molecular formula is C12H15N3. The van der Waals surface area contributed by atoms with Crippen LogP contribution in [0.3, 0.4) is 0 Å². The Balaban J connectivity index is 2.28. The zero-order valence-electron chi connectivity index (χ0n) is 8.90. The number of aryl methyl sites for hydroxylation is 1. The first-order valence-corrected chi connectivity index (χ1v) is 5.36. The lowest BCUT2D eigenvalue weighted by molar-refractivity contribution is 0.745. The Kier molecular flexibility index (Phi) is 1.69. The normalized spacial score (nSPS) is 15.7. The quantitative estimate of drug-likeness (QED) is 0.659. The van der Waals surface area contributed by atoms with E-state index in [2.05, 4.69) is 30.1 Å². The number of rotatable bonds is 0. The number of hydrogen-bond acceptors (Lipinski definition) is 2. The molecule has 1 aliphatic rings. The summed E-state index contributed by atoms with van der Waals surface area (Å²) in [6.45, 7) is 1.15. The van der Waals surface area contributed by atoms with E-state index < -0.39 is 0 Å². The molecule has 3 nitrogen and oxygen atoms in total. The van der Waals surface area contributed by atoms with Crippen molar-refractivity contribution in [3.8, 4) is 0 Å². The monoisotopic (exact) mass is 201 g/mol. The maximum atomic E-state index is 5.85. The third-order valence-electron chi connectivity index (χ3n) is 3.27. The van der Waals surface area contributed by atoms with Crippen molar-refractivity contribution in [3.05, 3.63) is 30.0 Å². The van der Waals surface area contributed by atoms with Crippen LogP contribution in [0.25, 0.3) is 10.9 Å². The number of hydrogen-bond donors (Lipinski definition) is 1. The van der Waals surface area contributed by atoms with E-state index in [1.54, 1.807) is 4.68 Å². The van der Waals surface area contributed by atoms with Gasteiger partial charge in [-0.05, 0) is 36.6 Å². The maximum absolute atomic E-state index is 5.85. The van der Waals surface area contributed by atoms with E-state index in [4.69, 9.17) is 5.84 Å². The average molecular weight is 201 g/mol. The highest BCUT2D eigenvalue weighted by atomic mass is 15.3. The summed E-state index contributed by atoms with van der Waals surface area (Å²) in [7, 11) is 2.16. The summed E-state index contributed by atoms with van der Waals surface area (Å²) in [4.78, 5) is 2.33. The summed E-state index contributed by atoms with van der Waals surface area (Å²) < 4.78 is 1.70. The van der Waals surface area contributed by atoms with E-state index >= 15 is 0 Å². The fourth-order valence-corrected chi connectivity index (χ4v) is 2.42. The predicted octanol–water partition coefficient (Wildman–Crippen LogP) is 1.74. The Hall–Kier alpha value is -1.64. The fourth-order valence-electron chi connectivity index (χ4n) is 2.42. The van der Waals surface area contributed by atoms with E-state index in [1.807, 2.05) is 6.20 Å². The van der Waals surface area contributed by atoms with Crippen LogP contribution in [0.5, 0.6) is 0 Å².